The van der Waals surface area contributed by atoms with Crippen LogP contribution in [0.1, 0.15) is 25.3 Å². The van der Waals surface area contributed by atoms with E-state index in [2.05, 4.69) is 0 Å². The van der Waals surface area contributed by atoms with E-state index in [0.29, 0.717) is 6.42 Å². The molecule has 1 aromatic carbocycles. The van der Waals surface area contributed by atoms with Gasteiger partial charge in [0.2, 0.25) is 0 Å². The summed E-state index contributed by atoms with van der Waals surface area (Å²) in [5.41, 5.74) is 0.837. The fourth-order valence-electron chi connectivity index (χ4n) is 2.04. The Kier molecular flexibility index (Phi) is 2.86. The minimum Gasteiger partial charge on any atom is -0.497 e. The fraction of sp³-hybridized carbons (Fsp3) is 0.462. The predicted molar refractivity (Wildman–Crippen MR) is 60.4 cm³/mol. The number of carbonyl (C=O) groups is 1. The maximum Gasteiger partial charge on any atom is 0.306 e. The molecule has 0 spiro atoms. The first kappa shape index (κ1) is 11.0. The third-order valence-corrected chi connectivity index (χ3v) is 2.96. The number of ether oxygens (including phenoxy) is 2. The van der Waals surface area contributed by atoms with Crippen molar-refractivity contribution in [2.45, 2.75) is 31.8 Å². The molecule has 1 saturated heterocycles. The lowest BCUT2D eigenvalue weighted by molar-refractivity contribution is -0.147. The van der Waals surface area contributed by atoms with Crippen LogP contribution in [0.15, 0.2) is 24.3 Å². The molecule has 0 amide bonds. The average molecular weight is 220 g/mol. The summed E-state index contributed by atoms with van der Waals surface area (Å²) in [5.74, 6) is 0.758. The molecular formula is C13H16O3. The first-order valence-electron chi connectivity index (χ1n) is 5.46. The molecule has 16 heavy (non-hydrogen) atoms. The van der Waals surface area contributed by atoms with Gasteiger partial charge in [-0.15, -0.1) is 0 Å². The van der Waals surface area contributed by atoms with Crippen LogP contribution in [0, 0.1) is 0 Å². The number of methoxy groups -OCH3 is 1. The van der Waals surface area contributed by atoms with Gasteiger partial charge in [-0.3, -0.25) is 4.79 Å². The summed E-state index contributed by atoms with van der Waals surface area (Å²) in [6, 6.07) is 7.87. The molecule has 1 unspecified atom stereocenters. The average Bonchev–Trinajstić information content (AvgIpc) is 2.59. The topological polar surface area (TPSA) is 35.5 Å². The van der Waals surface area contributed by atoms with Gasteiger partial charge in [-0.1, -0.05) is 12.1 Å². The lowest BCUT2D eigenvalue weighted by Crippen LogP contribution is -2.26. The van der Waals surface area contributed by atoms with Crippen molar-refractivity contribution < 1.29 is 14.3 Å². The molecular weight excluding hydrogens is 204 g/mol. The number of hydrogen-bond acceptors (Lipinski definition) is 3. The highest BCUT2D eigenvalue weighted by molar-refractivity contribution is 5.72. The lowest BCUT2D eigenvalue weighted by Gasteiger charge is -2.22. The van der Waals surface area contributed by atoms with Crippen molar-refractivity contribution in [1.29, 1.82) is 0 Å². The van der Waals surface area contributed by atoms with Gasteiger partial charge in [0.15, 0.2) is 0 Å². The summed E-state index contributed by atoms with van der Waals surface area (Å²) in [6.45, 7) is 1.99. The van der Waals surface area contributed by atoms with E-state index in [9.17, 15) is 4.79 Å². The van der Waals surface area contributed by atoms with E-state index in [1.54, 1.807) is 7.11 Å². The van der Waals surface area contributed by atoms with Crippen LogP contribution >= 0.6 is 0 Å². The quantitative estimate of drug-likeness (QED) is 0.733. The summed E-state index contributed by atoms with van der Waals surface area (Å²) < 4.78 is 10.4. The van der Waals surface area contributed by atoms with Crippen LogP contribution in [0.3, 0.4) is 0 Å². The molecule has 3 heteroatoms. The van der Waals surface area contributed by atoms with Gasteiger partial charge in [-0.2, -0.15) is 0 Å². The van der Waals surface area contributed by atoms with Crippen LogP contribution in [0.4, 0.5) is 0 Å². The highest BCUT2D eigenvalue weighted by atomic mass is 16.6. The molecule has 0 aromatic heterocycles. The molecule has 1 aliphatic heterocycles. The molecule has 0 aliphatic carbocycles. The first-order valence-corrected chi connectivity index (χ1v) is 5.46. The molecule has 2 rings (SSSR count). The van der Waals surface area contributed by atoms with Gasteiger partial charge < -0.3 is 9.47 Å². The smallest absolute Gasteiger partial charge is 0.306 e. The number of rotatable bonds is 3. The Hall–Kier alpha value is -1.51. The van der Waals surface area contributed by atoms with Crippen LogP contribution < -0.4 is 4.74 Å². The molecule has 0 radical (unpaired) electrons. The van der Waals surface area contributed by atoms with Gasteiger partial charge in [-0.05, 0) is 31.0 Å². The van der Waals surface area contributed by atoms with Gasteiger partial charge in [0.1, 0.15) is 11.4 Å². The Labute approximate surface area is 95.4 Å². The molecule has 1 fully saturated rings. The van der Waals surface area contributed by atoms with E-state index in [-0.39, 0.29) is 11.6 Å². The second kappa shape index (κ2) is 4.16. The Morgan fingerprint density at radius 1 is 1.38 bits per heavy atom. The summed E-state index contributed by atoms with van der Waals surface area (Å²) >= 11 is 0. The van der Waals surface area contributed by atoms with Crippen LogP contribution in [0.2, 0.25) is 0 Å². The zero-order chi connectivity index (χ0) is 11.6. The van der Waals surface area contributed by atoms with Crippen LogP contribution in [0.5, 0.6) is 5.75 Å². The van der Waals surface area contributed by atoms with E-state index in [0.717, 1.165) is 24.2 Å². The van der Waals surface area contributed by atoms with Crippen molar-refractivity contribution in [1.82, 2.24) is 0 Å². The summed E-state index contributed by atoms with van der Waals surface area (Å²) in [6.07, 6.45) is 2.10. The van der Waals surface area contributed by atoms with Gasteiger partial charge in [0.25, 0.3) is 0 Å². The third-order valence-electron chi connectivity index (χ3n) is 2.96. The zero-order valence-electron chi connectivity index (χ0n) is 9.66. The molecule has 1 atom stereocenters. The standard InChI is InChI=1S/C13H16O3/c1-13(8-7-12(14)16-13)9-10-3-5-11(15-2)6-4-10/h3-6H,7-9H2,1-2H3. The van der Waals surface area contributed by atoms with Gasteiger partial charge in [0, 0.05) is 12.8 Å². The monoisotopic (exact) mass is 220 g/mol. The predicted octanol–water partition coefficient (Wildman–Crippen LogP) is 2.33. The summed E-state index contributed by atoms with van der Waals surface area (Å²) in [4.78, 5) is 11.1. The van der Waals surface area contributed by atoms with E-state index in [4.69, 9.17) is 9.47 Å². The maximum absolute atomic E-state index is 11.1. The van der Waals surface area contributed by atoms with Crippen molar-refractivity contribution in [2.24, 2.45) is 0 Å². The summed E-state index contributed by atoms with van der Waals surface area (Å²) in [7, 11) is 1.65. The van der Waals surface area contributed by atoms with Crippen molar-refractivity contribution in [3.8, 4) is 5.75 Å². The van der Waals surface area contributed by atoms with Crippen LogP contribution in [0.25, 0.3) is 0 Å². The molecule has 1 heterocycles. The molecule has 3 nitrogen and oxygen atoms in total. The van der Waals surface area contributed by atoms with Crippen molar-refractivity contribution >= 4 is 5.97 Å². The second-order valence-electron chi connectivity index (χ2n) is 4.45. The number of carbonyl (C=O) groups excluding carboxylic acids is 1. The maximum atomic E-state index is 11.1. The molecule has 0 bridgehead atoms. The van der Waals surface area contributed by atoms with E-state index >= 15 is 0 Å². The molecule has 0 N–H and O–H groups in total. The number of esters is 1. The van der Waals surface area contributed by atoms with Crippen molar-refractivity contribution in [2.75, 3.05) is 7.11 Å². The molecule has 0 saturated carbocycles. The number of hydrogen-bond donors (Lipinski definition) is 0. The minimum absolute atomic E-state index is 0.0870. The van der Waals surface area contributed by atoms with Gasteiger partial charge >= 0.3 is 5.97 Å². The highest BCUT2D eigenvalue weighted by Crippen LogP contribution is 2.30. The number of benzene rings is 1. The van der Waals surface area contributed by atoms with Crippen molar-refractivity contribution in [3.63, 3.8) is 0 Å². The lowest BCUT2D eigenvalue weighted by atomic mass is 9.94. The molecule has 1 aromatic rings. The third kappa shape index (κ3) is 2.35. The minimum atomic E-state index is -0.328. The van der Waals surface area contributed by atoms with Crippen LogP contribution in [-0.2, 0) is 16.0 Å². The molecule has 1 aliphatic rings. The Bertz CT molecular complexity index is 383. The van der Waals surface area contributed by atoms with Gasteiger partial charge in [0.05, 0.1) is 7.11 Å². The molecule has 86 valence electrons. The van der Waals surface area contributed by atoms with E-state index in [1.807, 2.05) is 31.2 Å². The largest absolute Gasteiger partial charge is 0.497 e. The first-order chi connectivity index (χ1) is 7.61. The van der Waals surface area contributed by atoms with E-state index in [1.165, 1.54) is 0 Å². The highest BCUT2D eigenvalue weighted by Gasteiger charge is 2.35. The Morgan fingerprint density at radius 3 is 2.56 bits per heavy atom. The van der Waals surface area contributed by atoms with Gasteiger partial charge in [-0.25, -0.2) is 0 Å². The normalized spacial score (nSPS) is 24.2. The zero-order valence-corrected chi connectivity index (χ0v) is 9.66. The van der Waals surface area contributed by atoms with Crippen LogP contribution in [-0.4, -0.2) is 18.7 Å². The Balaban J connectivity index is 2.06. The Morgan fingerprint density at radius 2 is 2.06 bits per heavy atom. The van der Waals surface area contributed by atoms with Crippen molar-refractivity contribution in [3.05, 3.63) is 29.8 Å². The SMILES string of the molecule is COc1ccc(CC2(C)CCC(=O)O2)cc1. The van der Waals surface area contributed by atoms with E-state index < -0.39 is 0 Å². The summed E-state index contributed by atoms with van der Waals surface area (Å²) in [5, 5.41) is 0. The number of cyclic esters (lactones) is 1. The fourth-order valence-corrected chi connectivity index (χ4v) is 2.04. The second-order valence-corrected chi connectivity index (χ2v) is 4.45.